The van der Waals surface area contributed by atoms with Crippen LogP contribution in [0.4, 0.5) is 4.39 Å². The second-order valence-electron chi connectivity index (χ2n) is 7.08. The van der Waals surface area contributed by atoms with Crippen LogP contribution in [0.25, 0.3) is 10.8 Å². The molecular formula is C26H17ClFN3O2. The van der Waals surface area contributed by atoms with Crippen LogP contribution in [0.3, 0.4) is 0 Å². The Morgan fingerprint density at radius 1 is 1.09 bits per heavy atom. The summed E-state index contributed by atoms with van der Waals surface area (Å²) in [4.78, 5) is 12.4. The lowest BCUT2D eigenvalue weighted by molar-refractivity contribution is 0.0951. The summed E-state index contributed by atoms with van der Waals surface area (Å²) in [5.41, 5.74) is 3.74. The van der Waals surface area contributed by atoms with Crippen molar-refractivity contribution in [2.45, 2.75) is 6.61 Å². The van der Waals surface area contributed by atoms with Crippen LogP contribution in [-0.4, -0.2) is 12.1 Å². The van der Waals surface area contributed by atoms with Crippen LogP contribution in [0.5, 0.6) is 5.75 Å². The second kappa shape index (κ2) is 9.94. The van der Waals surface area contributed by atoms with Crippen molar-refractivity contribution in [3.8, 4) is 11.8 Å². The average Bonchev–Trinajstić information content (AvgIpc) is 2.84. The zero-order valence-electron chi connectivity index (χ0n) is 17.3. The number of rotatable bonds is 6. The number of amides is 1. The molecule has 4 aromatic rings. The number of ether oxygens (including phenoxy) is 1. The highest BCUT2D eigenvalue weighted by atomic mass is 35.5. The number of benzene rings is 4. The van der Waals surface area contributed by atoms with Crippen molar-refractivity contribution >= 4 is 34.5 Å². The molecule has 1 N–H and O–H groups in total. The fourth-order valence-electron chi connectivity index (χ4n) is 3.29. The second-order valence-corrected chi connectivity index (χ2v) is 7.49. The van der Waals surface area contributed by atoms with Crippen molar-refractivity contribution in [2.24, 2.45) is 5.10 Å². The summed E-state index contributed by atoms with van der Waals surface area (Å²) < 4.78 is 20.1. The van der Waals surface area contributed by atoms with E-state index in [1.165, 1.54) is 18.3 Å². The molecule has 0 spiro atoms. The Hall–Kier alpha value is -4.21. The first-order valence-corrected chi connectivity index (χ1v) is 10.4. The van der Waals surface area contributed by atoms with Gasteiger partial charge in [0.15, 0.2) is 0 Å². The lowest BCUT2D eigenvalue weighted by Gasteiger charge is -2.12. The van der Waals surface area contributed by atoms with Crippen LogP contribution in [0.2, 0.25) is 5.02 Å². The van der Waals surface area contributed by atoms with Crippen LogP contribution >= 0.6 is 11.6 Å². The number of hydrogen-bond acceptors (Lipinski definition) is 4. The first-order valence-electron chi connectivity index (χ1n) is 9.98. The van der Waals surface area contributed by atoms with Crippen molar-refractivity contribution in [2.75, 3.05) is 0 Å². The average molecular weight is 458 g/mol. The lowest BCUT2D eigenvalue weighted by atomic mass is 10.0. The largest absolute Gasteiger partial charge is 0.488 e. The molecule has 0 saturated carbocycles. The van der Waals surface area contributed by atoms with Crippen LogP contribution in [0.15, 0.2) is 84.0 Å². The van der Waals surface area contributed by atoms with E-state index in [1.807, 2.05) is 60.7 Å². The quantitative estimate of drug-likeness (QED) is 0.291. The molecule has 0 aliphatic carbocycles. The summed E-state index contributed by atoms with van der Waals surface area (Å²) in [6.07, 6.45) is 1.46. The van der Waals surface area contributed by atoms with E-state index in [9.17, 15) is 9.18 Å². The molecule has 0 aliphatic heterocycles. The van der Waals surface area contributed by atoms with E-state index in [1.54, 1.807) is 6.07 Å². The van der Waals surface area contributed by atoms with Gasteiger partial charge in [-0.3, -0.25) is 4.79 Å². The number of hydrogen-bond donors (Lipinski definition) is 1. The SMILES string of the molecule is N#Cc1ccc(C(=O)NN=Cc2c(OCc3ccccc3Cl)ccc3ccccc23)c(F)c1. The molecule has 5 nitrogen and oxygen atoms in total. The smallest absolute Gasteiger partial charge is 0.274 e. The molecule has 33 heavy (non-hydrogen) atoms. The van der Waals surface area contributed by atoms with E-state index in [0.717, 1.165) is 22.4 Å². The number of hydrazone groups is 1. The van der Waals surface area contributed by atoms with Gasteiger partial charge in [0, 0.05) is 16.1 Å². The highest BCUT2D eigenvalue weighted by molar-refractivity contribution is 6.31. The predicted molar refractivity (Wildman–Crippen MR) is 126 cm³/mol. The summed E-state index contributed by atoms with van der Waals surface area (Å²) in [5.74, 6) is -0.973. The first-order chi connectivity index (χ1) is 16.1. The van der Waals surface area contributed by atoms with Gasteiger partial charge in [0.05, 0.1) is 23.4 Å². The van der Waals surface area contributed by atoms with Gasteiger partial charge in [0.25, 0.3) is 5.91 Å². The summed E-state index contributed by atoms with van der Waals surface area (Å²) >= 11 is 6.23. The number of nitrogens with zero attached hydrogens (tertiary/aromatic N) is 2. The molecule has 0 aromatic heterocycles. The van der Waals surface area contributed by atoms with Crippen molar-refractivity contribution in [3.63, 3.8) is 0 Å². The van der Waals surface area contributed by atoms with Gasteiger partial charge in [0.2, 0.25) is 0 Å². The van der Waals surface area contributed by atoms with Crippen molar-refractivity contribution < 1.29 is 13.9 Å². The lowest BCUT2D eigenvalue weighted by Crippen LogP contribution is -2.19. The van der Waals surface area contributed by atoms with Crippen LogP contribution in [-0.2, 0) is 6.61 Å². The van der Waals surface area contributed by atoms with Crippen LogP contribution < -0.4 is 10.2 Å². The molecule has 0 heterocycles. The third-order valence-electron chi connectivity index (χ3n) is 4.97. The molecule has 1 amide bonds. The number of carbonyl (C=O) groups is 1. The third kappa shape index (κ3) is 5.00. The summed E-state index contributed by atoms with van der Waals surface area (Å²) in [7, 11) is 0. The Kier molecular flexibility index (Phi) is 6.63. The summed E-state index contributed by atoms with van der Waals surface area (Å²) in [5, 5.41) is 15.3. The van der Waals surface area contributed by atoms with Gasteiger partial charge in [0.1, 0.15) is 18.2 Å². The zero-order chi connectivity index (χ0) is 23.2. The summed E-state index contributed by atoms with van der Waals surface area (Å²) in [6.45, 7) is 0.252. The number of nitriles is 1. The third-order valence-corrected chi connectivity index (χ3v) is 5.34. The Balaban J connectivity index is 1.59. The standard InChI is InChI=1S/C26H17ClFN3O2/c27-23-8-4-2-6-19(23)16-33-25-12-10-18-5-1-3-7-20(18)22(25)15-30-31-26(32)21-11-9-17(14-29)13-24(21)28/h1-13,15H,16H2,(H,31,32). The molecule has 4 rings (SSSR count). The Bertz CT molecular complexity index is 1410. The molecule has 4 aromatic carbocycles. The molecule has 0 unspecified atom stereocenters. The van der Waals surface area contributed by atoms with E-state index < -0.39 is 11.7 Å². The molecule has 0 aliphatic rings. The zero-order valence-corrected chi connectivity index (χ0v) is 18.0. The molecule has 162 valence electrons. The maximum absolute atomic E-state index is 14.1. The van der Waals surface area contributed by atoms with Crippen molar-refractivity contribution in [1.29, 1.82) is 5.26 Å². The minimum Gasteiger partial charge on any atom is -0.488 e. The molecule has 0 bridgehead atoms. The van der Waals surface area contributed by atoms with Crippen molar-refractivity contribution in [3.05, 3.63) is 112 Å². The fourth-order valence-corrected chi connectivity index (χ4v) is 3.48. The topological polar surface area (TPSA) is 74.5 Å². The van der Waals surface area contributed by atoms with Gasteiger partial charge >= 0.3 is 0 Å². The Morgan fingerprint density at radius 2 is 1.88 bits per heavy atom. The minimum absolute atomic E-state index is 0.128. The number of fused-ring (bicyclic) bond motifs is 1. The van der Waals surface area contributed by atoms with E-state index in [2.05, 4.69) is 10.5 Å². The van der Waals surface area contributed by atoms with Crippen LogP contribution in [0, 0.1) is 17.1 Å². The van der Waals surface area contributed by atoms with E-state index >= 15 is 0 Å². The molecule has 0 fully saturated rings. The predicted octanol–water partition coefficient (Wildman–Crippen LogP) is 5.85. The van der Waals surface area contributed by atoms with E-state index in [0.29, 0.717) is 16.3 Å². The molecule has 7 heteroatoms. The number of carbonyl (C=O) groups excluding carboxylic acids is 1. The van der Waals surface area contributed by atoms with Gasteiger partial charge in [-0.15, -0.1) is 0 Å². The Morgan fingerprint density at radius 3 is 2.67 bits per heavy atom. The highest BCUT2D eigenvalue weighted by Gasteiger charge is 2.12. The van der Waals surface area contributed by atoms with Crippen LogP contribution in [0.1, 0.15) is 27.0 Å². The van der Waals surface area contributed by atoms with E-state index in [4.69, 9.17) is 21.6 Å². The fraction of sp³-hybridized carbons (Fsp3) is 0.0385. The number of nitrogens with one attached hydrogen (secondary N) is 1. The minimum atomic E-state index is -0.796. The maximum atomic E-state index is 14.1. The molecule has 0 atom stereocenters. The first kappa shape index (κ1) is 22.0. The maximum Gasteiger partial charge on any atom is 0.274 e. The van der Waals surface area contributed by atoms with Gasteiger partial charge in [-0.25, -0.2) is 9.82 Å². The monoisotopic (exact) mass is 457 g/mol. The summed E-state index contributed by atoms with van der Waals surface area (Å²) in [6, 6.07) is 24.3. The number of halogens is 2. The Labute approximate surface area is 194 Å². The van der Waals surface area contributed by atoms with Crippen molar-refractivity contribution in [1.82, 2.24) is 5.43 Å². The molecule has 0 radical (unpaired) electrons. The van der Waals surface area contributed by atoms with Gasteiger partial charge < -0.3 is 4.74 Å². The van der Waals surface area contributed by atoms with Gasteiger partial charge in [-0.05, 0) is 41.1 Å². The highest BCUT2D eigenvalue weighted by Crippen LogP contribution is 2.28. The van der Waals surface area contributed by atoms with Gasteiger partial charge in [-0.1, -0.05) is 60.1 Å². The molecule has 0 saturated heterocycles. The van der Waals surface area contributed by atoms with E-state index in [-0.39, 0.29) is 17.7 Å². The van der Waals surface area contributed by atoms with Gasteiger partial charge in [-0.2, -0.15) is 10.4 Å². The normalized spacial score (nSPS) is 10.8. The molecular weight excluding hydrogens is 441 g/mol.